The van der Waals surface area contributed by atoms with Crippen LogP contribution >= 0.6 is 11.6 Å². The SMILES string of the molecule is C=CCOc1ccc([C@H]2C(=C(O)c3ccc(Cl)cc3)C(=O)C(=O)N2CCN2CCOCC2)cc1. The highest BCUT2D eigenvalue weighted by Crippen LogP contribution is 2.39. The van der Waals surface area contributed by atoms with Gasteiger partial charge in [-0.15, -0.1) is 0 Å². The number of halogens is 1. The van der Waals surface area contributed by atoms with Crippen molar-refractivity contribution in [1.82, 2.24) is 9.80 Å². The molecule has 178 valence electrons. The molecular formula is C26H27ClN2O5. The van der Waals surface area contributed by atoms with Crippen molar-refractivity contribution in [3.63, 3.8) is 0 Å². The Morgan fingerprint density at radius 3 is 2.41 bits per heavy atom. The van der Waals surface area contributed by atoms with Crippen LogP contribution in [0, 0.1) is 0 Å². The van der Waals surface area contributed by atoms with Gasteiger partial charge in [-0.25, -0.2) is 0 Å². The fourth-order valence-electron chi connectivity index (χ4n) is 4.20. The highest BCUT2D eigenvalue weighted by atomic mass is 35.5. The lowest BCUT2D eigenvalue weighted by molar-refractivity contribution is -0.140. The number of amides is 1. The molecule has 2 aliphatic heterocycles. The van der Waals surface area contributed by atoms with E-state index in [4.69, 9.17) is 21.1 Å². The molecule has 1 atom stereocenters. The van der Waals surface area contributed by atoms with Crippen LogP contribution in [0.3, 0.4) is 0 Å². The van der Waals surface area contributed by atoms with E-state index in [-0.39, 0.29) is 11.3 Å². The summed E-state index contributed by atoms with van der Waals surface area (Å²) >= 11 is 5.98. The van der Waals surface area contributed by atoms with Gasteiger partial charge in [0.15, 0.2) is 0 Å². The Morgan fingerprint density at radius 2 is 1.76 bits per heavy atom. The third kappa shape index (κ3) is 5.17. The summed E-state index contributed by atoms with van der Waals surface area (Å²) in [4.78, 5) is 30.0. The molecule has 0 unspecified atom stereocenters. The fraction of sp³-hybridized carbons (Fsp3) is 0.308. The molecule has 8 heteroatoms. The molecule has 0 saturated carbocycles. The van der Waals surface area contributed by atoms with E-state index in [2.05, 4.69) is 11.5 Å². The second kappa shape index (κ2) is 10.9. The summed E-state index contributed by atoms with van der Waals surface area (Å²) in [5, 5.41) is 11.6. The molecule has 0 bridgehead atoms. The molecular weight excluding hydrogens is 456 g/mol. The molecule has 0 radical (unpaired) electrons. The van der Waals surface area contributed by atoms with Crippen molar-refractivity contribution in [2.24, 2.45) is 0 Å². The third-order valence-electron chi connectivity index (χ3n) is 5.98. The Morgan fingerprint density at radius 1 is 1.09 bits per heavy atom. The molecule has 4 rings (SSSR count). The minimum absolute atomic E-state index is 0.0639. The summed E-state index contributed by atoms with van der Waals surface area (Å²) in [5.74, 6) is -0.903. The molecule has 34 heavy (non-hydrogen) atoms. The number of carbonyl (C=O) groups excluding carboxylic acids is 2. The number of aliphatic hydroxyl groups is 1. The van der Waals surface area contributed by atoms with Gasteiger partial charge in [-0.1, -0.05) is 36.4 Å². The van der Waals surface area contributed by atoms with Crippen molar-refractivity contribution in [3.05, 3.63) is 82.9 Å². The molecule has 2 heterocycles. The number of aliphatic hydroxyl groups excluding tert-OH is 1. The molecule has 2 aliphatic rings. The number of likely N-dealkylation sites (tertiary alicyclic amines) is 1. The first-order valence-corrected chi connectivity index (χ1v) is 11.6. The lowest BCUT2D eigenvalue weighted by Crippen LogP contribution is -2.42. The fourth-order valence-corrected chi connectivity index (χ4v) is 4.32. The number of morpholine rings is 1. The lowest BCUT2D eigenvalue weighted by Gasteiger charge is -2.31. The van der Waals surface area contributed by atoms with E-state index < -0.39 is 17.7 Å². The summed E-state index contributed by atoms with van der Waals surface area (Å²) in [5.41, 5.74) is 1.20. The maximum Gasteiger partial charge on any atom is 0.295 e. The molecule has 2 saturated heterocycles. The van der Waals surface area contributed by atoms with Crippen LogP contribution in [0.5, 0.6) is 5.75 Å². The van der Waals surface area contributed by atoms with E-state index in [0.717, 1.165) is 13.1 Å². The number of ether oxygens (including phenoxy) is 2. The highest BCUT2D eigenvalue weighted by Gasteiger charge is 2.46. The molecule has 1 amide bonds. The van der Waals surface area contributed by atoms with Gasteiger partial charge in [0, 0.05) is 36.8 Å². The first-order valence-electron chi connectivity index (χ1n) is 11.2. The minimum Gasteiger partial charge on any atom is -0.507 e. The quantitative estimate of drug-likeness (QED) is 0.268. The number of rotatable bonds is 8. The van der Waals surface area contributed by atoms with Gasteiger partial charge in [-0.2, -0.15) is 0 Å². The van der Waals surface area contributed by atoms with Crippen LogP contribution < -0.4 is 4.74 Å². The van der Waals surface area contributed by atoms with Gasteiger partial charge in [-0.3, -0.25) is 14.5 Å². The zero-order chi connectivity index (χ0) is 24.1. The Kier molecular flexibility index (Phi) is 7.67. The number of carbonyl (C=O) groups is 2. The van der Waals surface area contributed by atoms with Gasteiger partial charge in [0.2, 0.25) is 0 Å². The highest BCUT2D eigenvalue weighted by molar-refractivity contribution is 6.46. The van der Waals surface area contributed by atoms with E-state index in [9.17, 15) is 14.7 Å². The second-order valence-electron chi connectivity index (χ2n) is 8.12. The van der Waals surface area contributed by atoms with Gasteiger partial charge >= 0.3 is 0 Å². The van der Waals surface area contributed by atoms with Crippen LogP contribution in [-0.2, 0) is 14.3 Å². The Balaban J connectivity index is 1.70. The average Bonchev–Trinajstić information content (AvgIpc) is 3.12. The van der Waals surface area contributed by atoms with Gasteiger partial charge in [0.25, 0.3) is 11.7 Å². The predicted octanol–water partition coefficient (Wildman–Crippen LogP) is 3.66. The number of nitrogens with zero attached hydrogens (tertiary/aromatic N) is 2. The molecule has 2 fully saturated rings. The number of hydrogen-bond donors (Lipinski definition) is 1. The standard InChI is InChI=1S/C26H27ClN2O5/c1-2-15-34-21-9-5-18(6-10-21)23-22(24(30)19-3-7-20(27)8-4-19)25(31)26(32)29(23)12-11-28-13-16-33-17-14-28/h2-10,23,30H,1,11-17H2/t23-/m0/s1. The van der Waals surface area contributed by atoms with Crippen molar-refractivity contribution in [1.29, 1.82) is 0 Å². The predicted molar refractivity (Wildman–Crippen MR) is 130 cm³/mol. The van der Waals surface area contributed by atoms with Crippen molar-refractivity contribution in [3.8, 4) is 5.75 Å². The maximum absolute atomic E-state index is 13.1. The largest absolute Gasteiger partial charge is 0.507 e. The van der Waals surface area contributed by atoms with Crippen LogP contribution in [0.1, 0.15) is 17.2 Å². The molecule has 0 aromatic heterocycles. The Labute approximate surface area is 203 Å². The number of ketones is 1. The van der Waals surface area contributed by atoms with E-state index in [0.29, 0.717) is 54.8 Å². The normalized spacial score (nSPS) is 20.5. The van der Waals surface area contributed by atoms with E-state index in [1.807, 2.05) is 12.1 Å². The van der Waals surface area contributed by atoms with Gasteiger partial charge in [-0.05, 0) is 42.0 Å². The maximum atomic E-state index is 13.1. The molecule has 0 spiro atoms. The van der Waals surface area contributed by atoms with E-state index in [1.54, 1.807) is 47.4 Å². The summed E-state index contributed by atoms with van der Waals surface area (Å²) < 4.78 is 11.0. The molecule has 1 N–H and O–H groups in total. The van der Waals surface area contributed by atoms with Crippen LogP contribution in [0.2, 0.25) is 5.02 Å². The van der Waals surface area contributed by atoms with Crippen molar-refractivity contribution in [2.75, 3.05) is 46.0 Å². The van der Waals surface area contributed by atoms with Crippen molar-refractivity contribution >= 4 is 29.1 Å². The van der Waals surface area contributed by atoms with E-state index in [1.165, 1.54) is 0 Å². The second-order valence-corrected chi connectivity index (χ2v) is 8.56. The summed E-state index contributed by atoms with van der Waals surface area (Å²) in [6, 6.07) is 13.0. The summed E-state index contributed by atoms with van der Waals surface area (Å²) in [7, 11) is 0. The van der Waals surface area contributed by atoms with Gasteiger partial charge < -0.3 is 19.5 Å². The number of hydrogen-bond acceptors (Lipinski definition) is 6. The lowest BCUT2D eigenvalue weighted by atomic mass is 9.95. The Bertz CT molecular complexity index is 1080. The average molecular weight is 483 g/mol. The van der Waals surface area contributed by atoms with Crippen LogP contribution in [0.4, 0.5) is 0 Å². The van der Waals surface area contributed by atoms with Gasteiger partial charge in [0.1, 0.15) is 18.1 Å². The summed E-state index contributed by atoms with van der Waals surface area (Å²) in [6.07, 6.45) is 1.65. The topological polar surface area (TPSA) is 79.3 Å². The van der Waals surface area contributed by atoms with Crippen molar-refractivity contribution < 1.29 is 24.2 Å². The number of Topliss-reactive ketones (excluding diaryl/α,β-unsaturated/α-hetero) is 1. The van der Waals surface area contributed by atoms with Crippen LogP contribution in [0.25, 0.3) is 5.76 Å². The number of benzene rings is 2. The first-order chi connectivity index (χ1) is 16.5. The Hall–Kier alpha value is -3.13. The zero-order valence-corrected chi connectivity index (χ0v) is 19.5. The monoisotopic (exact) mass is 482 g/mol. The molecule has 2 aromatic rings. The first kappa shape index (κ1) is 24.0. The van der Waals surface area contributed by atoms with Gasteiger partial charge in [0.05, 0.1) is 24.8 Å². The smallest absolute Gasteiger partial charge is 0.295 e. The third-order valence-corrected chi connectivity index (χ3v) is 6.23. The molecule has 2 aromatic carbocycles. The van der Waals surface area contributed by atoms with Crippen LogP contribution in [0.15, 0.2) is 66.8 Å². The van der Waals surface area contributed by atoms with Crippen molar-refractivity contribution in [2.45, 2.75) is 6.04 Å². The molecule has 0 aliphatic carbocycles. The summed E-state index contributed by atoms with van der Waals surface area (Å²) in [6.45, 7) is 7.80. The zero-order valence-electron chi connectivity index (χ0n) is 18.8. The minimum atomic E-state index is -0.717. The van der Waals surface area contributed by atoms with Crippen LogP contribution in [-0.4, -0.2) is 72.6 Å². The molecule has 7 nitrogen and oxygen atoms in total. The van der Waals surface area contributed by atoms with E-state index >= 15 is 0 Å².